The lowest BCUT2D eigenvalue weighted by Crippen LogP contribution is -2.30. The van der Waals surface area contributed by atoms with Crippen molar-refractivity contribution in [3.63, 3.8) is 0 Å². The number of carboxylic acids is 1. The van der Waals surface area contributed by atoms with Gasteiger partial charge in [-0.25, -0.2) is 19.6 Å². The average molecular weight is 490 g/mol. The van der Waals surface area contributed by atoms with Gasteiger partial charge in [-0.1, -0.05) is 48.5 Å². The molecule has 3 aromatic carbocycles. The summed E-state index contributed by atoms with van der Waals surface area (Å²) in [5.41, 5.74) is 8.17. The highest BCUT2D eigenvalue weighted by Crippen LogP contribution is 2.34. The van der Waals surface area contributed by atoms with Crippen molar-refractivity contribution in [2.45, 2.75) is 20.0 Å². The zero-order valence-electron chi connectivity index (χ0n) is 20.0. The smallest absolute Gasteiger partial charge is 0.335 e. The van der Waals surface area contributed by atoms with Gasteiger partial charge in [-0.05, 0) is 53.4 Å². The van der Waals surface area contributed by atoms with E-state index >= 15 is 0 Å². The van der Waals surface area contributed by atoms with E-state index in [1.807, 2.05) is 43.3 Å². The number of hydrogen-bond donors (Lipinski definition) is 3. The number of aromatic carboxylic acids is 1. The van der Waals surface area contributed by atoms with Crippen LogP contribution >= 0.6 is 0 Å². The Morgan fingerprint density at radius 2 is 1.68 bits per heavy atom. The van der Waals surface area contributed by atoms with Crippen molar-refractivity contribution in [3.8, 4) is 22.5 Å². The molecular weight excluding hydrogens is 466 g/mol. The van der Waals surface area contributed by atoms with Gasteiger partial charge in [0.15, 0.2) is 0 Å². The fraction of sp³-hybridized carbons (Fsp3) is 0.103. The van der Waals surface area contributed by atoms with E-state index in [1.165, 1.54) is 17.5 Å². The summed E-state index contributed by atoms with van der Waals surface area (Å²) in [4.78, 5) is 38.3. The van der Waals surface area contributed by atoms with Crippen molar-refractivity contribution < 1.29 is 14.7 Å². The highest BCUT2D eigenvalue weighted by molar-refractivity contribution is 5.97. The van der Waals surface area contributed by atoms with Crippen molar-refractivity contribution in [1.82, 2.24) is 19.9 Å². The Hall–Kier alpha value is -4.98. The summed E-state index contributed by atoms with van der Waals surface area (Å²) in [6.07, 6.45) is 1.51. The van der Waals surface area contributed by atoms with Gasteiger partial charge in [-0.3, -0.25) is 0 Å². The Bertz CT molecular complexity index is 1650. The monoisotopic (exact) mass is 489 g/mol. The average Bonchev–Trinajstić information content (AvgIpc) is 3.55. The number of H-pyrrole nitrogens is 1. The van der Waals surface area contributed by atoms with Gasteiger partial charge in [-0.2, -0.15) is 0 Å². The number of nitrogens with one attached hydrogen (secondary N) is 2. The van der Waals surface area contributed by atoms with Crippen molar-refractivity contribution in [2.24, 2.45) is 0 Å². The molecular formula is C29H23N5O3. The number of amides is 2. The van der Waals surface area contributed by atoms with Crippen LogP contribution in [0.5, 0.6) is 0 Å². The summed E-state index contributed by atoms with van der Waals surface area (Å²) >= 11 is 0. The molecule has 37 heavy (non-hydrogen) atoms. The fourth-order valence-electron chi connectivity index (χ4n) is 4.80. The van der Waals surface area contributed by atoms with Crippen LogP contribution in [0.25, 0.3) is 33.5 Å². The molecule has 1 aliphatic rings. The standard InChI is InChI=1S/C29H23N5O3/c1-17-22(7-4-8-24(17)33-29(37)34-14-20-5-2-3-6-21(20)15-34)26-23-13-25(32-27(23)31-16-30-26)18-9-11-19(12-10-18)28(35)36/h2-13,16H,14-15H2,1H3,(H,33,37)(H,35,36)(H,30,31,32). The normalized spacial score (nSPS) is 12.5. The van der Waals surface area contributed by atoms with Crippen molar-refractivity contribution >= 4 is 28.7 Å². The molecule has 0 saturated carbocycles. The molecule has 0 aliphatic carbocycles. The van der Waals surface area contributed by atoms with E-state index in [-0.39, 0.29) is 11.6 Å². The van der Waals surface area contributed by atoms with Crippen molar-refractivity contribution in [2.75, 3.05) is 5.32 Å². The number of rotatable bonds is 4. The summed E-state index contributed by atoms with van der Waals surface area (Å²) in [7, 11) is 0. The molecule has 8 heteroatoms. The number of fused-ring (bicyclic) bond motifs is 2. The lowest BCUT2D eigenvalue weighted by molar-refractivity contribution is 0.0697. The molecule has 0 fully saturated rings. The maximum Gasteiger partial charge on any atom is 0.335 e. The minimum absolute atomic E-state index is 0.141. The highest BCUT2D eigenvalue weighted by Gasteiger charge is 2.24. The lowest BCUT2D eigenvalue weighted by Gasteiger charge is -2.18. The SMILES string of the molecule is Cc1c(NC(=O)N2Cc3ccccc3C2)cccc1-c1ncnc2[nH]c(-c3ccc(C(=O)O)cc3)cc12. The number of aromatic nitrogens is 3. The van der Waals surface area contributed by atoms with E-state index in [4.69, 9.17) is 0 Å². The maximum atomic E-state index is 13.1. The highest BCUT2D eigenvalue weighted by atomic mass is 16.4. The van der Waals surface area contributed by atoms with Gasteiger partial charge in [-0.15, -0.1) is 0 Å². The molecule has 0 atom stereocenters. The van der Waals surface area contributed by atoms with Gasteiger partial charge in [0.05, 0.1) is 11.3 Å². The Labute approximate surface area is 212 Å². The Morgan fingerprint density at radius 3 is 2.38 bits per heavy atom. The molecule has 2 amide bonds. The van der Waals surface area contributed by atoms with Crippen LogP contribution in [0.2, 0.25) is 0 Å². The second-order valence-electron chi connectivity index (χ2n) is 9.08. The largest absolute Gasteiger partial charge is 0.478 e. The maximum absolute atomic E-state index is 13.1. The van der Waals surface area contributed by atoms with Gasteiger partial charge >= 0.3 is 12.0 Å². The molecule has 3 heterocycles. The molecule has 182 valence electrons. The van der Waals surface area contributed by atoms with E-state index in [0.717, 1.165) is 39.2 Å². The minimum atomic E-state index is -0.965. The van der Waals surface area contributed by atoms with Crippen LogP contribution in [0, 0.1) is 6.92 Å². The van der Waals surface area contributed by atoms with Gasteiger partial charge in [0.1, 0.15) is 12.0 Å². The third-order valence-corrected chi connectivity index (χ3v) is 6.83. The number of carbonyl (C=O) groups excluding carboxylic acids is 1. The molecule has 1 aliphatic heterocycles. The predicted molar refractivity (Wildman–Crippen MR) is 141 cm³/mol. The zero-order valence-corrected chi connectivity index (χ0v) is 20.0. The van der Waals surface area contributed by atoms with Crippen LogP contribution in [0.4, 0.5) is 10.5 Å². The minimum Gasteiger partial charge on any atom is -0.478 e. The Kier molecular flexibility index (Phi) is 5.41. The third kappa shape index (κ3) is 4.08. The molecule has 5 aromatic rings. The number of hydrogen-bond acceptors (Lipinski definition) is 4. The van der Waals surface area contributed by atoms with Gasteiger partial charge in [0.25, 0.3) is 0 Å². The third-order valence-electron chi connectivity index (χ3n) is 6.83. The van der Waals surface area contributed by atoms with Crippen LogP contribution in [0.3, 0.4) is 0 Å². The first-order valence-corrected chi connectivity index (χ1v) is 11.9. The van der Waals surface area contributed by atoms with Crippen LogP contribution in [0.15, 0.2) is 79.1 Å². The summed E-state index contributed by atoms with van der Waals surface area (Å²) in [5.74, 6) is -0.965. The van der Waals surface area contributed by atoms with Crippen LogP contribution in [-0.4, -0.2) is 37.0 Å². The molecule has 0 bridgehead atoms. The topological polar surface area (TPSA) is 111 Å². The Morgan fingerprint density at radius 1 is 0.946 bits per heavy atom. The first-order chi connectivity index (χ1) is 18.0. The van der Waals surface area contributed by atoms with E-state index in [0.29, 0.717) is 18.7 Å². The molecule has 0 unspecified atom stereocenters. The fourth-order valence-corrected chi connectivity index (χ4v) is 4.80. The van der Waals surface area contributed by atoms with E-state index < -0.39 is 5.97 Å². The molecule has 3 N–H and O–H groups in total. The van der Waals surface area contributed by atoms with Crippen LogP contribution in [0.1, 0.15) is 27.0 Å². The van der Waals surface area contributed by atoms with E-state index in [1.54, 1.807) is 29.2 Å². The van der Waals surface area contributed by atoms with Gasteiger partial charge in [0.2, 0.25) is 0 Å². The molecule has 0 saturated heterocycles. The summed E-state index contributed by atoms with van der Waals surface area (Å²) in [6.45, 7) is 3.15. The molecule has 0 spiro atoms. The zero-order chi connectivity index (χ0) is 25.5. The number of nitrogens with zero attached hydrogens (tertiary/aromatic N) is 3. The number of urea groups is 1. The molecule has 6 rings (SSSR count). The van der Waals surface area contributed by atoms with Crippen molar-refractivity contribution in [3.05, 3.63) is 101 Å². The van der Waals surface area contributed by atoms with E-state index in [9.17, 15) is 14.7 Å². The van der Waals surface area contributed by atoms with Crippen LogP contribution in [-0.2, 0) is 13.1 Å². The number of carbonyl (C=O) groups is 2. The second-order valence-corrected chi connectivity index (χ2v) is 9.08. The molecule has 8 nitrogen and oxygen atoms in total. The van der Waals surface area contributed by atoms with Gasteiger partial charge in [0, 0.05) is 35.4 Å². The quantitative estimate of drug-likeness (QED) is 0.293. The molecule has 2 aromatic heterocycles. The lowest BCUT2D eigenvalue weighted by atomic mass is 10.0. The summed E-state index contributed by atoms with van der Waals surface area (Å²) in [5, 5.41) is 13.1. The van der Waals surface area contributed by atoms with Gasteiger partial charge < -0.3 is 20.3 Å². The first kappa shape index (κ1) is 22.5. The number of benzene rings is 3. The number of anilines is 1. The Balaban J connectivity index is 1.30. The summed E-state index contributed by atoms with van der Waals surface area (Å²) < 4.78 is 0. The number of carboxylic acid groups (broad SMARTS) is 1. The van der Waals surface area contributed by atoms with Crippen LogP contribution < -0.4 is 5.32 Å². The first-order valence-electron chi connectivity index (χ1n) is 11.9. The molecule has 0 radical (unpaired) electrons. The number of aromatic amines is 1. The van der Waals surface area contributed by atoms with Crippen molar-refractivity contribution in [1.29, 1.82) is 0 Å². The second kappa shape index (κ2) is 8.91. The summed E-state index contributed by atoms with van der Waals surface area (Å²) in [6, 6.07) is 22.4. The predicted octanol–water partition coefficient (Wildman–Crippen LogP) is 5.85. The van der Waals surface area contributed by atoms with E-state index in [2.05, 4.69) is 32.4 Å².